The first-order valence-electron chi connectivity index (χ1n) is 8.30. The Labute approximate surface area is 151 Å². The summed E-state index contributed by atoms with van der Waals surface area (Å²) in [5.74, 6) is -0.256. The first kappa shape index (κ1) is 17.5. The number of aromatic nitrogens is 1. The van der Waals surface area contributed by atoms with Crippen LogP contribution in [0.2, 0.25) is 0 Å². The van der Waals surface area contributed by atoms with E-state index in [9.17, 15) is 14.9 Å². The van der Waals surface area contributed by atoms with Crippen molar-refractivity contribution < 1.29 is 14.0 Å². The number of amides is 3. The SMILES string of the molecule is CCN(C)C(=O)c1coc(N2CCN(Cc3ccccc3C#N)C2=O)n1. The monoisotopic (exact) mass is 353 g/mol. The number of nitriles is 1. The van der Waals surface area contributed by atoms with Crippen LogP contribution in [0.25, 0.3) is 0 Å². The number of anilines is 1. The van der Waals surface area contributed by atoms with Crippen molar-refractivity contribution in [3.05, 3.63) is 47.3 Å². The Balaban J connectivity index is 1.73. The molecule has 0 aliphatic carbocycles. The van der Waals surface area contributed by atoms with Gasteiger partial charge in [-0.1, -0.05) is 18.2 Å². The van der Waals surface area contributed by atoms with E-state index in [1.165, 1.54) is 16.1 Å². The summed E-state index contributed by atoms with van der Waals surface area (Å²) in [6.07, 6.45) is 1.27. The lowest BCUT2D eigenvalue weighted by Gasteiger charge is -2.17. The third-order valence-electron chi connectivity index (χ3n) is 4.36. The van der Waals surface area contributed by atoms with Gasteiger partial charge in [-0.25, -0.2) is 9.69 Å². The molecule has 1 fully saturated rings. The summed E-state index contributed by atoms with van der Waals surface area (Å²) in [5.41, 5.74) is 1.51. The number of hydrogen-bond donors (Lipinski definition) is 0. The maximum Gasteiger partial charge on any atom is 0.328 e. The molecular weight excluding hydrogens is 334 g/mol. The van der Waals surface area contributed by atoms with Crippen molar-refractivity contribution in [1.29, 1.82) is 5.26 Å². The third kappa shape index (κ3) is 3.24. The van der Waals surface area contributed by atoms with Gasteiger partial charge >= 0.3 is 12.0 Å². The van der Waals surface area contributed by atoms with Gasteiger partial charge in [0.05, 0.1) is 11.6 Å². The molecule has 0 atom stereocenters. The van der Waals surface area contributed by atoms with Gasteiger partial charge in [-0.2, -0.15) is 10.2 Å². The Morgan fingerprint density at radius 3 is 2.88 bits per heavy atom. The quantitative estimate of drug-likeness (QED) is 0.820. The van der Waals surface area contributed by atoms with Crippen molar-refractivity contribution >= 4 is 18.0 Å². The molecule has 0 radical (unpaired) electrons. The van der Waals surface area contributed by atoms with Crippen LogP contribution in [-0.2, 0) is 6.54 Å². The summed E-state index contributed by atoms with van der Waals surface area (Å²) in [5, 5.41) is 9.18. The second-order valence-corrected chi connectivity index (χ2v) is 5.96. The van der Waals surface area contributed by atoms with Crippen LogP contribution >= 0.6 is 0 Å². The fourth-order valence-electron chi connectivity index (χ4n) is 2.71. The molecule has 0 spiro atoms. The Bertz CT molecular complexity index is 870. The van der Waals surface area contributed by atoms with Crippen molar-refractivity contribution in [2.24, 2.45) is 0 Å². The van der Waals surface area contributed by atoms with Crippen LogP contribution in [0.3, 0.4) is 0 Å². The average molecular weight is 353 g/mol. The lowest BCUT2D eigenvalue weighted by atomic mass is 10.1. The van der Waals surface area contributed by atoms with Gasteiger partial charge in [0.1, 0.15) is 6.26 Å². The first-order chi connectivity index (χ1) is 12.5. The Morgan fingerprint density at radius 1 is 1.38 bits per heavy atom. The number of carbonyl (C=O) groups excluding carboxylic acids is 2. The molecular formula is C18H19N5O3. The summed E-state index contributed by atoms with van der Waals surface area (Å²) >= 11 is 0. The third-order valence-corrected chi connectivity index (χ3v) is 4.36. The van der Waals surface area contributed by atoms with Crippen LogP contribution in [0.5, 0.6) is 0 Å². The standard InChI is InChI=1S/C18H19N5O3/c1-3-21(2)16(24)15-12-26-17(20-15)23-9-8-22(18(23)25)11-14-7-5-4-6-13(14)10-19/h4-7,12H,3,8-9,11H2,1-2H3. The van der Waals surface area contributed by atoms with E-state index >= 15 is 0 Å². The van der Waals surface area contributed by atoms with Gasteiger partial charge in [0.2, 0.25) is 0 Å². The van der Waals surface area contributed by atoms with Crippen LogP contribution in [0.4, 0.5) is 10.8 Å². The molecule has 1 aromatic heterocycles. The van der Waals surface area contributed by atoms with Crippen molar-refractivity contribution in [1.82, 2.24) is 14.8 Å². The van der Waals surface area contributed by atoms with Gasteiger partial charge in [0.25, 0.3) is 5.91 Å². The molecule has 134 valence electrons. The number of benzene rings is 1. The van der Waals surface area contributed by atoms with Crippen LogP contribution in [0.1, 0.15) is 28.5 Å². The maximum atomic E-state index is 12.7. The highest BCUT2D eigenvalue weighted by molar-refractivity contribution is 5.94. The van der Waals surface area contributed by atoms with E-state index in [-0.39, 0.29) is 23.6 Å². The lowest BCUT2D eigenvalue weighted by Crippen LogP contribution is -2.32. The number of hydrogen-bond acceptors (Lipinski definition) is 5. The predicted octanol–water partition coefficient (Wildman–Crippen LogP) is 2.08. The van der Waals surface area contributed by atoms with Gasteiger partial charge in [0, 0.05) is 33.2 Å². The van der Waals surface area contributed by atoms with Crippen molar-refractivity contribution in [2.75, 3.05) is 31.6 Å². The molecule has 0 unspecified atom stereocenters. The molecule has 0 bridgehead atoms. The van der Waals surface area contributed by atoms with Crippen LogP contribution in [-0.4, -0.2) is 53.4 Å². The molecule has 3 amide bonds. The second kappa shape index (κ2) is 7.27. The number of oxazole rings is 1. The van der Waals surface area contributed by atoms with Crippen LogP contribution < -0.4 is 4.90 Å². The zero-order chi connectivity index (χ0) is 18.7. The van der Waals surface area contributed by atoms with Gasteiger partial charge in [-0.05, 0) is 18.6 Å². The molecule has 1 aliphatic rings. The molecule has 1 saturated heterocycles. The molecule has 26 heavy (non-hydrogen) atoms. The molecule has 1 aliphatic heterocycles. The fourth-order valence-corrected chi connectivity index (χ4v) is 2.71. The van der Waals surface area contributed by atoms with E-state index in [1.807, 2.05) is 19.1 Å². The number of urea groups is 1. The first-order valence-corrected chi connectivity index (χ1v) is 8.30. The number of rotatable bonds is 5. The lowest BCUT2D eigenvalue weighted by molar-refractivity contribution is 0.0796. The Kier molecular flexibility index (Phi) is 4.89. The Morgan fingerprint density at radius 2 is 2.15 bits per heavy atom. The normalized spacial score (nSPS) is 13.8. The fraction of sp³-hybridized carbons (Fsp3) is 0.333. The molecule has 3 rings (SSSR count). The Hall–Kier alpha value is -3.34. The number of carbonyl (C=O) groups is 2. The summed E-state index contributed by atoms with van der Waals surface area (Å²) < 4.78 is 5.35. The zero-order valence-corrected chi connectivity index (χ0v) is 14.7. The molecule has 0 saturated carbocycles. The summed E-state index contributed by atoms with van der Waals surface area (Å²) in [6, 6.07) is 9.17. The average Bonchev–Trinajstić information content (AvgIpc) is 3.28. The minimum absolute atomic E-state index is 0.110. The van der Waals surface area contributed by atoms with E-state index in [1.54, 1.807) is 24.1 Å². The molecule has 1 aromatic carbocycles. The molecule has 2 aromatic rings. The van der Waals surface area contributed by atoms with E-state index in [0.29, 0.717) is 31.7 Å². The number of nitrogens with zero attached hydrogens (tertiary/aromatic N) is 5. The largest absolute Gasteiger partial charge is 0.431 e. The highest BCUT2D eigenvalue weighted by Gasteiger charge is 2.33. The van der Waals surface area contributed by atoms with Gasteiger partial charge in [-0.3, -0.25) is 4.79 Å². The van der Waals surface area contributed by atoms with Crippen LogP contribution in [0.15, 0.2) is 34.9 Å². The minimum Gasteiger partial charge on any atom is -0.431 e. The van der Waals surface area contributed by atoms with Crippen LogP contribution in [0, 0.1) is 11.3 Å². The highest BCUT2D eigenvalue weighted by atomic mass is 16.4. The van der Waals surface area contributed by atoms with Gasteiger partial charge in [0.15, 0.2) is 5.69 Å². The molecule has 8 heteroatoms. The molecule has 0 N–H and O–H groups in total. The second-order valence-electron chi connectivity index (χ2n) is 5.96. The summed E-state index contributed by atoms with van der Waals surface area (Å²) in [6.45, 7) is 3.64. The minimum atomic E-state index is -0.262. The smallest absolute Gasteiger partial charge is 0.328 e. The van der Waals surface area contributed by atoms with Crippen molar-refractivity contribution in [3.8, 4) is 6.07 Å². The highest BCUT2D eigenvalue weighted by Crippen LogP contribution is 2.22. The van der Waals surface area contributed by atoms with Crippen molar-refractivity contribution in [3.63, 3.8) is 0 Å². The summed E-state index contributed by atoms with van der Waals surface area (Å²) in [4.78, 5) is 33.5. The predicted molar refractivity (Wildman–Crippen MR) is 93.4 cm³/mol. The zero-order valence-electron chi connectivity index (χ0n) is 14.7. The summed E-state index contributed by atoms with van der Waals surface area (Å²) in [7, 11) is 1.67. The van der Waals surface area contributed by atoms with E-state index in [2.05, 4.69) is 11.1 Å². The van der Waals surface area contributed by atoms with E-state index in [4.69, 9.17) is 4.42 Å². The van der Waals surface area contributed by atoms with Gasteiger partial charge in [-0.15, -0.1) is 0 Å². The van der Waals surface area contributed by atoms with E-state index < -0.39 is 0 Å². The maximum absolute atomic E-state index is 12.7. The molecule has 2 heterocycles. The molecule has 8 nitrogen and oxygen atoms in total. The van der Waals surface area contributed by atoms with E-state index in [0.717, 1.165) is 5.56 Å². The van der Waals surface area contributed by atoms with Gasteiger partial charge < -0.3 is 14.2 Å². The van der Waals surface area contributed by atoms with Crippen molar-refractivity contribution in [2.45, 2.75) is 13.5 Å². The topological polar surface area (TPSA) is 93.7 Å².